The number of benzene rings is 1. The van der Waals surface area contributed by atoms with E-state index >= 15 is 0 Å². The highest BCUT2D eigenvalue weighted by molar-refractivity contribution is 9.10. The molecule has 1 aromatic rings. The molecular weight excluding hydrogens is 244 g/mol. The molecule has 0 aliphatic heterocycles. The summed E-state index contributed by atoms with van der Waals surface area (Å²) in [6.07, 6.45) is 1.46. The molecule has 0 aromatic heterocycles. The smallest absolute Gasteiger partial charge is 0.136 e. The van der Waals surface area contributed by atoms with E-state index in [1.807, 2.05) is 25.1 Å². The van der Waals surface area contributed by atoms with Crippen molar-refractivity contribution >= 4 is 22.2 Å². The second kappa shape index (κ2) is 5.15. The topological polar surface area (TPSA) is 26.3 Å². The van der Waals surface area contributed by atoms with Gasteiger partial charge in [0, 0.05) is 6.42 Å². The minimum Gasteiger partial charge on any atom is -0.495 e. The Morgan fingerprint density at radius 1 is 1.57 bits per heavy atom. The van der Waals surface area contributed by atoms with Crippen LogP contribution in [0.4, 0.5) is 0 Å². The average molecular weight is 257 g/mol. The zero-order valence-electron chi connectivity index (χ0n) is 8.29. The first-order valence-electron chi connectivity index (χ1n) is 4.46. The van der Waals surface area contributed by atoms with Gasteiger partial charge in [0.25, 0.3) is 0 Å². The number of carbonyl (C=O) groups is 1. The summed E-state index contributed by atoms with van der Waals surface area (Å²) in [5, 5.41) is 0. The van der Waals surface area contributed by atoms with E-state index < -0.39 is 0 Å². The lowest BCUT2D eigenvalue weighted by atomic mass is 9.97. The van der Waals surface area contributed by atoms with Gasteiger partial charge in [-0.2, -0.15) is 0 Å². The molecule has 0 saturated heterocycles. The number of carbonyl (C=O) groups excluding carboxylic acids is 1. The third-order valence-corrected chi connectivity index (χ3v) is 2.81. The van der Waals surface area contributed by atoms with Gasteiger partial charge in [-0.15, -0.1) is 0 Å². The van der Waals surface area contributed by atoms with Gasteiger partial charge in [0.1, 0.15) is 12.0 Å². The highest BCUT2D eigenvalue weighted by Gasteiger charge is 2.12. The summed E-state index contributed by atoms with van der Waals surface area (Å²) in [6, 6.07) is 5.86. The number of methoxy groups -OCH3 is 1. The molecule has 1 unspecified atom stereocenters. The molecule has 0 amide bonds. The van der Waals surface area contributed by atoms with Crippen LogP contribution in [0.1, 0.15) is 24.8 Å². The molecule has 1 rings (SSSR count). The molecule has 0 aliphatic rings. The number of aldehydes is 1. The summed E-state index contributed by atoms with van der Waals surface area (Å²) in [4.78, 5) is 10.4. The van der Waals surface area contributed by atoms with E-state index in [0.717, 1.165) is 22.1 Å². The van der Waals surface area contributed by atoms with Crippen molar-refractivity contribution in [2.24, 2.45) is 0 Å². The summed E-state index contributed by atoms with van der Waals surface area (Å²) in [6.45, 7) is 2.01. The Labute approximate surface area is 92.4 Å². The van der Waals surface area contributed by atoms with Crippen molar-refractivity contribution in [2.45, 2.75) is 19.3 Å². The standard InChI is InChI=1S/C11H13BrO2/c1-8(6-7-13)9-4-3-5-10(12)11(9)14-2/h3-5,7-8H,6H2,1-2H3. The van der Waals surface area contributed by atoms with Crippen LogP contribution in [-0.2, 0) is 4.79 Å². The summed E-state index contributed by atoms with van der Waals surface area (Å²) < 4.78 is 6.21. The van der Waals surface area contributed by atoms with Crippen LogP contribution in [-0.4, -0.2) is 13.4 Å². The minimum absolute atomic E-state index is 0.194. The summed E-state index contributed by atoms with van der Waals surface area (Å²) in [7, 11) is 1.64. The number of hydrogen-bond donors (Lipinski definition) is 0. The molecule has 0 bridgehead atoms. The van der Waals surface area contributed by atoms with E-state index in [2.05, 4.69) is 15.9 Å². The molecule has 0 heterocycles. The summed E-state index contributed by atoms with van der Waals surface area (Å²) in [5.74, 6) is 1.02. The van der Waals surface area contributed by atoms with Gasteiger partial charge >= 0.3 is 0 Å². The fourth-order valence-electron chi connectivity index (χ4n) is 1.40. The van der Waals surface area contributed by atoms with Crippen molar-refractivity contribution in [3.05, 3.63) is 28.2 Å². The zero-order chi connectivity index (χ0) is 10.6. The second-order valence-electron chi connectivity index (χ2n) is 3.17. The number of ether oxygens (including phenoxy) is 1. The Kier molecular flexibility index (Phi) is 4.14. The van der Waals surface area contributed by atoms with E-state index in [9.17, 15) is 4.79 Å². The van der Waals surface area contributed by atoms with Crippen LogP contribution in [0.5, 0.6) is 5.75 Å². The highest BCUT2D eigenvalue weighted by atomic mass is 79.9. The maximum absolute atomic E-state index is 10.4. The van der Waals surface area contributed by atoms with Crippen molar-refractivity contribution in [1.82, 2.24) is 0 Å². The maximum atomic E-state index is 10.4. The van der Waals surface area contributed by atoms with Gasteiger partial charge in [0.05, 0.1) is 11.6 Å². The number of halogens is 1. The minimum atomic E-state index is 0.194. The Hall–Kier alpha value is -0.830. The molecule has 0 N–H and O–H groups in total. The van der Waals surface area contributed by atoms with Crippen LogP contribution in [0.3, 0.4) is 0 Å². The first kappa shape index (κ1) is 11.2. The SMILES string of the molecule is COc1c(Br)cccc1C(C)CC=O. The Bertz CT molecular complexity index is 323. The second-order valence-corrected chi connectivity index (χ2v) is 4.02. The molecule has 14 heavy (non-hydrogen) atoms. The molecule has 0 radical (unpaired) electrons. The molecule has 0 spiro atoms. The van der Waals surface area contributed by atoms with Crippen molar-refractivity contribution < 1.29 is 9.53 Å². The third kappa shape index (κ3) is 2.35. The normalized spacial score (nSPS) is 12.2. The third-order valence-electron chi connectivity index (χ3n) is 2.18. The Morgan fingerprint density at radius 2 is 2.29 bits per heavy atom. The van der Waals surface area contributed by atoms with Crippen molar-refractivity contribution in [2.75, 3.05) is 7.11 Å². The lowest BCUT2D eigenvalue weighted by molar-refractivity contribution is -0.108. The monoisotopic (exact) mass is 256 g/mol. The first-order chi connectivity index (χ1) is 6.70. The largest absolute Gasteiger partial charge is 0.495 e. The van der Waals surface area contributed by atoms with E-state index in [4.69, 9.17) is 4.74 Å². The fraction of sp³-hybridized carbons (Fsp3) is 0.364. The van der Waals surface area contributed by atoms with Crippen LogP contribution in [0.25, 0.3) is 0 Å². The Balaban J connectivity index is 3.06. The molecule has 76 valence electrons. The average Bonchev–Trinajstić information content (AvgIpc) is 2.17. The van der Waals surface area contributed by atoms with Gasteiger partial charge in [-0.25, -0.2) is 0 Å². The van der Waals surface area contributed by atoms with Gasteiger partial charge in [-0.3, -0.25) is 0 Å². The van der Waals surface area contributed by atoms with E-state index in [0.29, 0.717) is 6.42 Å². The number of rotatable bonds is 4. The van der Waals surface area contributed by atoms with Gasteiger partial charge in [0.15, 0.2) is 0 Å². The fourth-order valence-corrected chi connectivity index (χ4v) is 1.94. The van der Waals surface area contributed by atoms with Gasteiger partial charge in [-0.1, -0.05) is 19.1 Å². The number of para-hydroxylation sites is 1. The quantitative estimate of drug-likeness (QED) is 0.774. The molecule has 1 aromatic carbocycles. The van der Waals surface area contributed by atoms with E-state index in [-0.39, 0.29) is 5.92 Å². The highest BCUT2D eigenvalue weighted by Crippen LogP contribution is 2.34. The first-order valence-corrected chi connectivity index (χ1v) is 5.26. The molecule has 3 heteroatoms. The summed E-state index contributed by atoms with van der Waals surface area (Å²) in [5.41, 5.74) is 1.06. The van der Waals surface area contributed by atoms with Crippen LogP contribution >= 0.6 is 15.9 Å². The maximum Gasteiger partial charge on any atom is 0.136 e. The van der Waals surface area contributed by atoms with E-state index in [1.54, 1.807) is 7.11 Å². The molecule has 1 atom stereocenters. The molecule has 2 nitrogen and oxygen atoms in total. The predicted molar refractivity (Wildman–Crippen MR) is 59.8 cm³/mol. The molecule has 0 aliphatic carbocycles. The van der Waals surface area contributed by atoms with Crippen LogP contribution < -0.4 is 4.74 Å². The van der Waals surface area contributed by atoms with Crippen molar-refractivity contribution in [3.63, 3.8) is 0 Å². The zero-order valence-corrected chi connectivity index (χ0v) is 9.87. The van der Waals surface area contributed by atoms with Gasteiger partial charge < -0.3 is 9.53 Å². The van der Waals surface area contributed by atoms with E-state index in [1.165, 1.54) is 0 Å². The summed E-state index contributed by atoms with van der Waals surface area (Å²) >= 11 is 3.41. The van der Waals surface area contributed by atoms with Crippen molar-refractivity contribution in [1.29, 1.82) is 0 Å². The van der Waals surface area contributed by atoms with Crippen LogP contribution in [0.15, 0.2) is 22.7 Å². The lowest BCUT2D eigenvalue weighted by Gasteiger charge is -2.14. The molecule has 0 fully saturated rings. The van der Waals surface area contributed by atoms with Gasteiger partial charge in [0.2, 0.25) is 0 Å². The molecule has 0 saturated carbocycles. The van der Waals surface area contributed by atoms with Crippen LogP contribution in [0, 0.1) is 0 Å². The van der Waals surface area contributed by atoms with Crippen LogP contribution in [0.2, 0.25) is 0 Å². The Morgan fingerprint density at radius 3 is 2.86 bits per heavy atom. The number of hydrogen-bond acceptors (Lipinski definition) is 2. The van der Waals surface area contributed by atoms with Crippen molar-refractivity contribution in [3.8, 4) is 5.75 Å². The predicted octanol–water partition coefficient (Wildman–Crippen LogP) is 3.15. The lowest BCUT2D eigenvalue weighted by Crippen LogP contribution is -1.98. The van der Waals surface area contributed by atoms with Gasteiger partial charge in [-0.05, 0) is 33.5 Å². The molecular formula is C11H13BrO2.